The minimum atomic E-state index is 0.246. The summed E-state index contributed by atoms with van der Waals surface area (Å²) < 4.78 is 0. The second-order valence-corrected chi connectivity index (χ2v) is 6.54. The highest BCUT2D eigenvalue weighted by Crippen LogP contribution is 2.42. The largest absolute Gasteiger partial charge is 0.327 e. The number of nitrogens with zero attached hydrogens (tertiary/aromatic N) is 1. The van der Waals surface area contributed by atoms with Crippen LogP contribution >= 0.6 is 0 Å². The van der Waals surface area contributed by atoms with Crippen molar-refractivity contribution in [3.63, 3.8) is 0 Å². The Morgan fingerprint density at radius 1 is 1.39 bits per heavy atom. The van der Waals surface area contributed by atoms with E-state index in [1.165, 1.54) is 31.2 Å². The lowest BCUT2D eigenvalue weighted by Gasteiger charge is -2.42. The van der Waals surface area contributed by atoms with Crippen molar-refractivity contribution in [2.45, 2.75) is 58.9 Å². The van der Waals surface area contributed by atoms with Crippen molar-refractivity contribution < 1.29 is 0 Å². The number of aryl methyl sites for hydroxylation is 1. The van der Waals surface area contributed by atoms with Crippen LogP contribution in [0.5, 0.6) is 0 Å². The van der Waals surface area contributed by atoms with Crippen molar-refractivity contribution in [2.75, 3.05) is 0 Å². The summed E-state index contributed by atoms with van der Waals surface area (Å²) in [5.74, 6) is 0.634. The highest BCUT2D eigenvalue weighted by molar-refractivity contribution is 5.13. The minimum Gasteiger partial charge on any atom is -0.327 e. The first kappa shape index (κ1) is 13.5. The molecule has 1 aliphatic carbocycles. The van der Waals surface area contributed by atoms with E-state index in [1.54, 1.807) is 0 Å². The monoisotopic (exact) mass is 246 g/mol. The molecule has 2 nitrogen and oxygen atoms in total. The van der Waals surface area contributed by atoms with Gasteiger partial charge in [0.2, 0.25) is 0 Å². The van der Waals surface area contributed by atoms with Crippen molar-refractivity contribution in [3.05, 3.63) is 29.6 Å². The SMILES string of the molecule is Cc1ccc(CC(N)C2CCCCC2(C)C)nc1. The zero-order chi connectivity index (χ0) is 13.2. The summed E-state index contributed by atoms with van der Waals surface area (Å²) >= 11 is 0. The second-order valence-electron chi connectivity index (χ2n) is 6.54. The van der Waals surface area contributed by atoms with Crippen molar-refractivity contribution in [2.24, 2.45) is 17.1 Å². The van der Waals surface area contributed by atoms with Crippen LogP contribution in [0.15, 0.2) is 18.3 Å². The molecule has 2 atom stereocenters. The van der Waals surface area contributed by atoms with E-state index in [-0.39, 0.29) is 6.04 Å². The van der Waals surface area contributed by atoms with Crippen LogP contribution in [0.1, 0.15) is 50.8 Å². The van der Waals surface area contributed by atoms with Crippen molar-refractivity contribution in [1.82, 2.24) is 4.98 Å². The van der Waals surface area contributed by atoms with E-state index in [0.29, 0.717) is 11.3 Å². The Balaban J connectivity index is 2.02. The molecule has 0 aromatic carbocycles. The van der Waals surface area contributed by atoms with Gasteiger partial charge >= 0.3 is 0 Å². The maximum Gasteiger partial charge on any atom is 0.0419 e. The van der Waals surface area contributed by atoms with Crippen LogP contribution in [0.25, 0.3) is 0 Å². The topological polar surface area (TPSA) is 38.9 Å². The zero-order valence-corrected chi connectivity index (χ0v) is 11.9. The predicted molar refractivity (Wildman–Crippen MR) is 76.4 cm³/mol. The lowest BCUT2D eigenvalue weighted by molar-refractivity contribution is 0.112. The molecule has 2 unspecified atom stereocenters. The maximum absolute atomic E-state index is 6.45. The predicted octanol–water partition coefficient (Wildman–Crippen LogP) is 3.48. The summed E-state index contributed by atoms with van der Waals surface area (Å²) in [5, 5.41) is 0. The first-order valence-electron chi connectivity index (χ1n) is 7.16. The molecule has 1 fully saturated rings. The molecule has 0 spiro atoms. The molecule has 1 aliphatic rings. The van der Waals surface area contributed by atoms with Gasteiger partial charge in [-0.2, -0.15) is 0 Å². The fraction of sp³-hybridized carbons (Fsp3) is 0.688. The van der Waals surface area contributed by atoms with Crippen molar-refractivity contribution in [1.29, 1.82) is 0 Å². The first-order valence-corrected chi connectivity index (χ1v) is 7.16. The zero-order valence-electron chi connectivity index (χ0n) is 11.9. The summed E-state index contributed by atoms with van der Waals surface area (Å²) in [4.78, 5) is 4.48. The van der Waals surface area contributed by atoms with Gasteiger partial charge in [-0.25, -0.2) is 0 Å². The maximum atomic E-state index is 6.45. The van der Waals surface area contributed by atoms with E-state index in [2.05, 4.69) is 37.9 Å². The fourth-order valence-corrected chi connectivity index (χ4v) is 3.32. The van der Waals surface area contributed by atoms with E-state index in [4.69, 9.17) is 5.73 Å². The molecular weight excluding hydrogens is 220 g/mol. The average Bonchev–Trinajstić information content (AvgIpc) is 2.31. The van der Waals surface area contributed by atoms with Crippen LogP contribution in [-0.4, -0.2) is 11.0 Å². The van der Waals surface area contributed by atoms with Gasteiger partial charge in [-0.15, -0.1) is 0 Å². The molecule has 1 saturated carbocycles. The van der Waals surface area contributed by atoms with Crippen LogP contribution in [0.3, 0.4) is 0 Å². The summed E-state index contributed by atoms with van der Waals surface area (Å²) in [6, 6.07) is 4.49. The molecule has 1 aromatic rings. The molecule has 0 saturated heterocycles. The van der Waals surface area contributed by atoms with Crippen molar-refractivity contribution in [3.8, 4) is 0 Å². The Morgan fingerprint density at radius 2 is 2.17 bits per heavy atom. The van der Waals surface area contributed by atoms with E-state index in [1.807, 2.05) is 6.20 Å². The Morgan fingerprint density at radius 3 is 2.78 bits per heavy atom. The van der Waals surface area contributed by atoms with Gasteiger partial charge in [-0.3, -0.25) is 4.98 Å². The Bertz CT molecular complexity index is 381. The van der Waals surface area contributed by atoms with Gasteiger partial charge < -0.3 is 5.73 Å². The Labute approximate surface area is 111 Å². The molecule has 0 aliphatic heterocycles. The molecule has 18 heavy (non-hydrogen) atoms. The minimum absolute atomic E-state index is 0.246. The smallest absolute Gasteiger partial charge is 0.0419 e. The van der Waals surface area contributed by atoms with Gasteiger partial charge in [0.05, 0.1) is 0 Å². The lowest BCUT2D eigenvalue weighted by atomic mass is 9.65. The lowest BCUT2D eigenvalue weighted by Crippen LogP contribution is -2.43. The number of nitrogens with two attached hydrogens (primary N) is 1. The summed E-state index contributed by atoms with van der Waals surface area (Å²) in [7, 11) is 0. The number of hydrogen-bond acceptors (Lipinski definition) is 2. The molecule has 2 heteroatoms. The molecule has 100 valence electrons. The second kappa shape index (κ2) is 5.40. The third-order valence-corrected chi connectivity index (χ3v) is 4.52. The Kier molecular flexibility index (Phi) is 4.06. The van der Waals surface area contributed by atoms with E-state index in [0.717, 1.165) is 12.1 Å². The highest BCUT2D eigenvalue weighted by Gasteiger charge is 2.35. The van der Waals surface area contributed by atoms with E-state index < -0.39 is 0 Å². The molecule has 2 rings (SSSR count). The quantitative estimate of drug-likeness (QED) is 0.887. The fourth-order valence-electron chi connectivity index (χ4n) is 3.32. The average molecular weight is 246 g/mol. The van der Waals surface area contributed by atoms with Gasteiger partial charge in [0.1, 0.15) is 0 Å². The number of hydrogen-bond donors (Lipinski definition) is 1. The van der Waals surface area contributed by atoms with Crippen LogP contribution in [0.4, 0.5) is 0 Å². The third kappa shape index (κ3) is 3.11. The van der Waals surface area contributed by atoms with Crippen molar-refractivity contribution >= 4 is 0 Å². The molecule has 1 aromatic heterocycles. The van der Waals surface area contributed by atoms with Gasteiger partial charge in [-0.05, 0) is 42.7 Å². The third-order valence-electron chi connectivity index (χ3n) is 4.52. The molecular formula is C16H26N2. The van der Waals surface area contributed by atoms with Crippen LogP contribution < -0.4 is 5.73 Å². The van der Waals surface area contributed by atoms with Gasteiger partial charge in [0.25, 0.3) is 0 Å². The van der Waals surface area contributed by atoms with Gasteiger partial charge in [0, 0.05) is 24.4 Å². The van der Waals surface area contributed by atoms with E-state index >= 15 is 0 Å². The highest BCUT2D eigenvalue weighted by atomic mass is 14.7. The van der Waals surface area contributed by atoms with Crippen LogP contribution in [0.2, 0.25) is 0 Å². The Hall–Kier alpha value is -0.890. The molecule has 0 radical (unpaired) electrons. The van der Waals surface area contributed by atoms with Crippen LogP contribution in [0, 0.1) is 18.3 Å². The van der Waals surface area contributed by atoms with Crippen LogP contribution in [-0.2, 0) is 6.42 Å². The van der Waals surface area contributed by atoms with Gasteiger partial charge in [-0.1, -0.05) is 32.8 Å². The number of aromatic nitrogens is 1. The van der Waals surface area contributed by atoms with E-state index in [9.17, 15) is 0 Å². The molecule has 0 bridgehead atoms. The summed E-state index contributed by atoms with van der Waals surface area (Å²) in [6.07, 6.45) is 8.14. The first-order chi connectivity index (χ1) is 8.49. The molecule has 2 N–H and O–H groups in total. The summed E-state index contributed by atoms with van der Waals surface area (Å²) in [6.45, 7) is 6.82. The van der Waals surface area contributed by atoms with Gasteiger partial charge in [0.15, 0.2) is 0 Å². The molecule has 1 heterocycles. The normalized spacial score (nSPS) is 24.8. The molecule has 0 amide bonds. The standard InChI is InChI=1S/C16H26N2/c1-12-7-8-13(18-11-12)10-15(17)14-6-4-5-9-16(14,2)3/h7-8,11,14-15H,4-6,9-10,17H2,1-3H3. The summed E-state index contributed by atoms with van der Waals surface area (Å²) in [5.41, 5.74) is 9.19. The number of pyridine rings is 1. The number of rotatable bonds is 3.